The van der Waals surface area contributed by atoms with Crippen LogP contribution in [0.5, 0.6) is 5.75 Å². The summed E-state index contributed by atoms with van der Waals surface area (Å²) >= 11 is 0. The van der Waals surface area contributed by atoms with Crippen molar-refractivity contribution in [3.8, 4) is 5.75 Å². The molecule has 0 saturated carbocycles. The molecule has 5 heteroatoms. The van der Waals surface area contributed by atoms with Gasteiger partial charge < -0.3 is 15.0 Å². The van der Waals surface area contributed by atoms with E-state index >= 15 is 0 Å². The van der Waals surface area contributed by atoms with Crippen LogP contribution in [0, 0.1) is 5.82 Å². The smallest absolute Gasteiger partial charge is 0.258 e. The molecule has 24 heavy (non-hydrogen) atoms. The molecule has 1 amide bonds. The molecule has 0 aliphatic heterocycles. The molecule has 1 N–H and O–H groups in total. The van der Waals surface area contributed by atoms with E-state index in [2.05, 4.69) is 24.1 Å². The van der Waals surface area contributed by atoms with Gasteiger partial charge in [-0.1, -0.05) is 24.3 Å². The molecule has 0 atom stereocenters. The number of rotatable bonds is 8. The van der Waals surface area contributed by atoms with Crippen molar-refractivity contribution in [2.24, 2.45) is 0 Å². The third kappa shape index (κ3) is 4.98. The lowest BCUT2D eigenvalue weighted by atomic mass is 10.2. The van der Waals surface area contributed by atoms with Crippen molar-refractivity contribution in [3.63, 3.8) is 0 Å². The molecule has 0 bridgehead atoms. The highest BCUT2D eigenvalue weighted by molar-refractivity contribution is 5.77. The summed E-state index contributed by atoms with van der Waals surface area (Å²) in [5.41, 5.74) is 2.17. The quantitative estimate of drug-likeness (QED) is 0.807. The Labute approximate surface area is 142 Å². The van der Waals surface area contributed by atoms with Gasteiger partial charge in [0, 0.05) is 25.3 Å². The van der Waals surface area contributed by atoms with Gasteiger partial charge in [0.2, 0.25) is 0 Å². The molecule has 0 saturated heterocycles. The SMILES string of the molecule is CCN(CC)c1ccc(CNC(=O)COc2ccccc2F)cc1. The number of nitrogens with one attached hydrogen (secondary N) is 1. The Kier molecular flexibility index (Phi) is 6.61. The Bertz CT molecular complexity index is 655. The van der Waals surface area contributed by atoms with Crippen molar-refractivity contribution in [2.45, 2.75) is 20.4 Å². The topological polar surface area (TPSA) is 41.6 Å². The van der Waals surface area contributed by atoms with Crippen LogP contribution in [0.25, 0.3) is 0 Å². The average Bonchev–Trinajstić information content (AvgIpc) is 2.61. The van der Waals surface area contributed by atoms with Crippen molar-refractivity contribution in [2.75, 3.05) is 24.6 Å². The molecule has 2 rings (SSSR count). The number of nitrogens with zero attached hydrogens (tertiary/aromatic N) is 1. The van der Waals surface area contributed by atoms with Crippen LogP contribution in [-0.2, 0) is 11.3 Å². The summed E-state index contributed by atoms with van der Waals surface area (Å²) in [6.45, 7) is 6.36. The summed E-state index contributed by atoms with van der Waals surface area (Å²) in [7, 11) is 0. The molecule has 0 aliphatic rings. The number of amides is 1. The molecular weight excluding hydrogens is 307 g/mol. The highest BCUT2D eigenvalue weighted by Crippen LogP contribution is 2.16. The van der Waals surface area contributed by atoms with Crippen LogP contribution in [0.4, 0.5) is 10.1 Å². The maximum atomic E-state index is 13.4. The fourth-order valence-corrected chi connectivity index (χ4v) is 2.37. The van der Waals surface area contributed by atoms with Gasteiger partial charge in [0.25, 0.3) is 5.91 Å². The lowest BCUT2D eigenvalue weighted by Crippen LogP contribution is -2.28. The Balaban J connectivity index is 1.80. The number of carbonyl (C=O) groups excluding carboxylic acids is 1. The number of hydrogen-bond acceptors (Lipinski definition) is 3. The van der Waals surface area contributed by atoms with Crippen molar-refractivity contribution in [1.82, 2.24) is 5.32 Å². The van der Waals surface area contributed by atoms with Crippen molar-refractivity contribution >= 4 is 11.6 Å². The number of anilines is 1. The number of ether oxygens (including phenoxy) is 1. The predicted molar refractivity (Wildman–Crippen MR) is 93.7 cm³/mol. The second kappa shape index (κ2) is 8.91. The lowest BCUT2D eigenvalue weighted by molar-refractivity contribution is -0.123. The fraction of sp³-hybridized carbons (Fsp3) is 0.316. The molecule has 0 aromatic heterocycles. The number of para-hydroxylation sites is 1. The Morgan fingerprint density at radius 3 is 2.38 bits per heavy atom. The third-order valence-electron chi connectivity index (χ3n) is 3.75. The van der Waals surface area contributed by atoms with E-state index < -0.39 is 5.82 Å². The zero-order chi connectivity index (χ0) is 17.4. The van der Waals surface area contributed by atoms with Crippen molar-refractivity contribution in [1.29, 1.82) is 0 Å². The summed E-state index contributed by atoms with van der Waals surface area (Å²) in [4.78, 5) is 14.1. The fourth-order valence-electron chi connectivity index (χ4n) is 2.37. The first-order chi connectivity index (χ1) is 11.6. The van der Waals surface area contributed by atoms with Gasteiger partial charge in [-0.15, -0.1) is 0 Å². The normalized spacial score (nSPS) is 10.3. The Morgan fingerprint density at radius 2 is 1.75 bits per heavy atom. The minimum Gasteiger partial charge on any atom is -0.481 e. The van der Waals surface area contributed by atoms with E-state index in [1.165, 1.54) is 12.1 Å². The van der Waals surface area contributed by atoms with E-state index in [1.807, 2.05) is 24.3 Å². The Hall–Kier alpha value is -2.56. The number of carbonyl (C=O) groups is 1. The molecule has 128 valence electrons. The maximum Gasteiger partial charge on any atom is 0.258 e. The van der Waals surface area contributed by atoms with Gasteiger partial charge in [-0.3, -0.25) is 4.79 Å². The number of halogens is 1. The van der Waals surface area contributed by atoms with Crippen LogP contribution in [0.1, 0.15) is 19.4 Å². The van der Waals surface area contributed by atoms with Crippen LogP contribution >= 0.6 is 0 Å². The van der Waals surface area contributed by atoms with Gasteiger partial charge in [-0.05, 0) is 43.7 Å². The average molecular weight is 330 g/mol. The molecule has 0 fully saturated rings. The lowest BCUT2D eigenvalue weighted by Gasteiger charge is -2.21. The van der Waals surface area contributed by atoms with Gasteiger partial charge in [0.1, 0.15) is 0 Å². The molecular formula is C19H23FN2O2. The second-order valence-electron chi connectivity index (χ2n) is 5.33. The third-order valence-corrected chi connectivity index (χ3v) is 3.75. The summed E-state index contributed by atoms with van der Waals surface area (Å²) in [5, 5.41) is 2.77. The first-order valence-electron chi connectivity index (χ1n) is 8.12. The molecule has 2 aromatic rings. The summed E-state index contributed by atoms with van der Waals surface area (Å²) < 4.78 is 18.6. The van der Waals surface area contributed by atoms with E-state index in [0.717, 1.165) is 24.3 Å². The number of hydrogen-bond donors (Lipinski definition) is 1. The molecule has 0 heterocycles. The first-order valence-corrected chi connectivity index (χ1v) is 8.12. The predicted octanol–water partition coefficient (Wildman–Crippen LogP) is 3.37. The largest absolute Gasteiger partial charge is 0.481 e. The van der Waals surface area contributed by atoms with Crippen LogP contribution in [0.15, 0.2) is 48.5 Å². The van der Waals surface area contributed by atoms with E-state index in [4.69, 9.17) is 4.74 Å². The highest BCUT2D eigenvalue weighted by Gasteiger charge is 2.06. The summed E-state index contributed by atoms with van der Waals surface area (Å²) in [6.07, 6.45) is 0. The highest BCUT2D eigenvalue weighted by atomic mass is 19.1. The molecule has 0 aliphatic carbocycles. The van der Waals surface area contributed by atoms with E-state index in [0.29, 0.717) is 6.54 Å². The summed E-state index contributed by atoms with van der Waals surface area (Å²) in [5.74, 6) is -0.681. The molecule has 4 nitrogen and oxygen atoms in total. The van der Waals surface area contributed by atoms with Gasteiger partial charge in [0.15, 0.2) is 18.2 Å². The van der Waals surface area contributed by atoms with E-state index in [1.54, 1.807) is 12.1 Å². The molecule has 0 radical (unpaired) electrons. The van der Waals surface area contributed by atoms with Gasteiger partial charge in [-0.2, -0.15) is 0 Å². The molecule has 0 spiro atoms. The summed E-state index contributed by atoms with van der Waals surface area (Å²) in [6, 6.07) is 14.1. The zero-order valence-corrected chi connectivity index (χ0v) is 14.1. The van der Waals surface area contributed by atoms with Crippen molar-refractivity contribution < 1.29 is 13.9 Å². The van der Waals surface area contributed by atoms with E-state index in [-0.39, 0.29) is 18.3 Å². The zero-order valence-electron chi connectivity index (χ0n) is 14.1. The van der Waals surface area contributed by atoms with Crippen LogP contribution in [-0.4, -0.2) is 25.6 Å². The standard InChI is InChI=1S/C19H23FN2O2/c1-3-22(4-2)16-11-9-15(10-12-16)13-21-19(23)14-24-18-8-6-5-7-17(18)20/h5-12H,3-4,13-14H2,1-2H3,(H,21,23). The number of benzene rings is 2. The van der Waals surface area contributed by atoms with Gasteiger partial charge in [-0.25, -0.2) is 4.39 Å². The first kappa shape index (κ1) is 17.8. The molecule has 2 aromatic carbocycles. The second-order valence-corrected chi connectivity index (χ2v) is 5.33. The van der Waals surface area contributed by atoms with Crippen LogP contribution < -0.4 is 15.0 Å². The van der Waals surface area contributed by atoms with Gasteiger partial charge >= 0.3 is 0 Å². The Morgan fingerprint density at radius 1 is 1.08 bits per heavy atom. The molecule has 0 unspecified atom stereocenters. The van der Waals surface area contributed by atoms with Crippen LogP contribution in [0.2, 0.25) is 0 Å². The monoisotopic (exact) mass is 330 g/mol. The van der Waals surface area contributed by atoms with Gasteiger partial charge in [0.05, 0.1) is 0 Å². The maximum absolute atomic E-state index is 13.4. The van der Waals surface area contributed by atoms with Crippen molar-refractivity contribution in [3.05, 3.63) is 59.9 Å². The van der Waals surface area contributed by atoms with Crippen LogP contribution in [0.3, 0.4) is 0 Å². The van der Waals surface area contributed by atoms with E-state index in [9.17, 15) is 9.18 Å². The minimum atomic E-state index is -0.475. The minimum absolute atomic E-state index is 0.0798.